The fraction of sp³-hybridized carbons (Fsp3) is 0.429. The molecule has 120 valence electrons. The molecular weight excluding hydrogens is 312 g/mol. The summed E-state index contributed by atoms with van der Waals surface area (Å²) in [6.07, 6.45) is 1.02. The lowest BCUT2D eigenvalue weighted by Crippen LogP contribution is -2.52. The molecule has 0 aliphatic heterocycles. The SMILES string of the molecule is CCCC(C)(NC(=O)c1ccc(Cl)c([N+](=O)[O-])c1)C(=O)OC. The Balaban J connectivity index is 3.08. The summed E-state index contributed by atoms with van der Waals surface area (Å²) in [7, 11) is 1.23. The number of amides is 1. The predicted molar refractivity (Wildman–Crippen MR) is 80.9 cm³/mol. The number of nitro benzene ring substituents is 1. The number of hydrogen-bond donors (Lipinski definition) is 1. The van der Waals surface area contributed by atoms with Crippen molar-refractivity contribution >= 4 is 29.2 Å². The third-order valence-corrected chi connectivity index (χ3v) is 3.50. The van der Waals surface area contributed by atoms with Gasteiger partial charge in [0.25, 0.3) is 11.6 Å². The first kappa shape index (κ1) is 17.9. The van der Waals surface area contributed by atoms with E-state index in [2.05, 4.69) is 5.32 Å². The minimum absolute atomic E-state index is 0.0438. The number of halogens is 1. The highest BCUT2D eigenvalue weighted by molar-refractivity contribution is 6.32. The van der Waals surface area contributed by atoms with Crippen molar-refractivity contribution in [2.24, 2.45) is 0 Å². The zero-order valence-corrected chi connectivity index (χ0v) is 13.3. The first-order valence-electron chi connectivity index (χ1n) is 6.60. The molecule has 0 aliphatic carbocycles. The fourth-order valence-electron chi connectivity index (χ4n) is 2.06. The molecule has 1 atom stereocenters. The van der Waals surface area contributed by atoms with Crippen LogP contribution in [0, 0.1) is 10.1 Å². The van der Waals surface area contributed by atoms with Gasteiger partial charge in [-0.05, 0) is 25.5 Å². The molecule has 0 spiro atoms. The predicted octanol–water partition coefficient (Wildman–Crippen LogP) is 2.71. The van der Waals surface area contributed by atoms with Crippen LogP contribution in [0.1, 0.15) is 37.0 Å². The van der Waals surface area contributed by atoms with Gasteiger partial charge in [0.05, 0.1) is 12.0 Å². The van der Waals surface area contributed by atoms with Crippen molar-refractivity contribution < 1.29 is 19.2 Å². The van der Waals surface area contributed by atoms with Gasteiger partial charge in [0, 0.05) is 11.6 Å². The number of nitrogens with one attached hydrogen (secondary N) is 1. The number of hydrogen-bond acceptors (Lipinski definition) is 5. The van der Waals surface area contributed by atoms with Crippen LogP contribution in [0.25, 0.3) is 0 Å². The summed E-state index contributed by atoms with van der Waals surface area (Å²) in [6, 6.07) is 3.69. The molecule has 1 N–H and O–H groups in total. The number of methoxy groups -OCH3 is 1. The van der Waals surface area contributed by atoms with E-state index >= 15 is 0 Å². The van der Waals surface area contributed by atoms with E-state index in [0.717, 1.165) is 6.07 Å². The Morgan fingerprint density at radius 2 is 2.09 bits per heavy atom. The molecule has 0 aliphatic rings. The van der Waals surface area contributed by atoms with Gasteiger partial charge in [-0.2, -0.15) is 0 Å². The summed E-state index contributed by atoms with van der Waals surface area (Å²) in [5, 5.41) is 13.4. The van der Waals surface area contributed by atoms with Gasteiger partial charge in [0.15, 0.2) is 0 Å². The van der Waals surface area contributed by atoms with Crippen molar-refractivity contribution in [2.45, 2.75) is 32.2 Å². The van der Waals surface area contributed by atoms with E-state index in [1.807, 2.05) is 6.92 Å². The summed E-state index contributed by atoms with van der Waals surface area (Å²) in [6.45, 7) is 3.41. The van der Waals surface area contributed by atoms with Crippen LogP contribution < -0.4 is 5.32 Å². The van der Waals surface area contributed by atoms with Crippen LogP contribution in [0.3, 0.4) is 0 Å². The van der Waals surface area contributed by atoms with E-state index in [1.54, 1.807) is 6.92 Å². The lowest BCUT2D eigenvalue weighted by molar-refractivity contribution is -0.384. The molecule has 1 rings (SSSR count). The van der Waals surface area contributed by atoms with Crippen LogP contribution in [0.4, 0.5) is 5.69 Å². The van der Waals surface area contributed by atoms with Gasteiger partial charge in [-0.3, -0.25) is 14.9 Å². The monoisotopic (exact) mass is 328 g/mol. The third kappa shape index (κ3) is 3.94. The Morgan fingerprint density at radius 1 is 1.45 bits per heavy atom. The molecule has 1 aromatic rings. The van der Waals surface area contributed by atoms with Crippen molar-refractivity contribution in [2.75, 3.05) is 7.11 Å². The minimum atomic E-state index is -1.20. The molecule has 22 heavy (non-hydrogen) atoms. The average molecular weight is 329 g/mol. The normalized spacial score (nSPS) is 13.1. The molecule has 1 amide bonds. The molecule has 0 saturated heterocycles. The fourth-order valence-corrected chi connectivity index (χ4v) is 2.24. The second kappa shape index (κ2) is 7.22. The van der Waals surface area contributed by atoms with Crippen LogP contribution in [0.2, 0.25) is 5.02 Å². The smallest absolute Gasteiger partial charge is 0.331 e. The molecule has 0 fully saturated rings. The van der Waals surface area contributed by atoms with Gasteiger partial charge in [0.2, 0.25) is 0 Å². The van der Waals surface area contributed by atoms with E-state index in [0.29, 0.717) is 12.8 Å². The lowest BCUT2D eigenvalue weighted by Gasteiger charge is -2.27. The Hall–Kier alpha value is -2.15. The number of carbonyl (C=O) groups excluding carboxylic acids is 2. The topological polar surface area (TPSA) is 98.5 Å². The summed E-state index contributed by atoms with van der Waals surface area (Å²) in [4.78, 5) is 34.3. The number of benzene rings is 1. The molecule has 0 saturated carbocycles. The molecule has 1 aromatic carbocycles. The van der Waals surface area contributed by atoms with Crippen LogP contribution in [-0.4, -0.2) is 29.4 Å². The number of ether oxygens (including phenoxy) is 1. The largest absolute Gasteiger partial charge is 0.467 e. The highest BCUT2D eigenvalue weighted by atomic mass is 35.5. The van der Waals surface area contributed by atoms with E-state index in [4.69, 9.17) is 16.3 Å². The average Bonchev–Trinajstić information content (AvgIpc) is 2.46. The summed E-state index contributed by atoms with van der Waals surface area (Å²) < 4.78 is 4.70. The van der Waals surface area contributed by atoms with Gasteiger partial charge in [-0.1, -0.05) is 24.9 Å². The molecule has 1 unspecified atom stereocenters. The van der Waals surface area contributed by atoms with E-state index < -0.39 is 22.3 Å². The Morgan fingerprint density at radius 3 is 2.59 bits per heavy atom. The number of nitro groups is 1. The first-order chi connectivity index (χ1) is 10.2. The summed E-state index contributed by atoms with van der Waals surface area (Å²) in [5.74, 6) is -1.19. The van der Waals surface area contributed by atoms with Gasteiger partial charge in [0.1, 0.15) is 10.6 Å². The lowest BCUT2D eigenvalue weighted by atomic mass is 9.95. The van der Waals surface area contributed by atoms with Crippen LogP contribution >= 0.6 is 11.6 Å². The summed E-state index contributed by atoms with van der Waals surface area (Å²) in [5.41, 5.74) is -1.53. The van der Waals surface area contributed by atoms with E-state index in [-0.39, 0.29) is 16.3 Å². The first-order valence-corrected chi connectivity index (χ1v) is 6.98. The molecule has 0 aromatic heterocycles. The van der Waals surface area contributed by atoms with Crippen molar-refractivity contribution in [1.82, 2.24) is 5.32 Å². The van der Waals surface area contributed by atoms with Gasteiger partial charge in [-0.25, -0.2) is 4.79 Å². The highest BCUT2D eigenvalue weighted by Gasteiger charge is 2.35. The van der Waals surface area contributed by atoms with Crippen molar-refractivity contribution in [3.8, 4) is 0 Å². The van der Waals surface area contributed by atoms with E-state index in [1.165, 1.54) is 19.2 Å². The highest BCUT2D eigenvalue weighted by Crippen LogP contribution is 2.25. The standard InChI is InChI=1S/C14H17ClN2O5/c1-4-7-14(2,13(19)22-3)16-12(18)9-5-6-10(15)11(8-9)17(20)21/h5-6,8H,4,7H2,1-3H3,(H,16,18). The van der Waals surface area contributed by atoms with E-state index in [9.17, 15) is 19.7 Å². The molecule has 0 heterocycles. The van der Waals surface area contributed by atoms with Crippen LogP contribution in [0.15, 0.2) is 18.2 Å². The molecular formula is C14H17ClN2O5. The summed E-state index contributed by atoms with van der Waals surface area (Å²) >= 11 is 5.70. The maximum absolute atomic E-state index is 12.3. The number of rotatable bonds is 6. The number of esters is 1. The second-order valence-electron chi connectivity index (χ2n) is 4.95. The van der Waals surface area contributed by atoms with Gasteiger partial charge < -0.3 is 10.1 Å². The van der Waals surface area contributed by atoms with Gasteiger partial charge in [-0.15, -0.1) is 0 Å². The van der Waals surface area contributed by atoms with Crippen LogP contribution in [0.5, 0.6) is 0 Å². The Bertz CT molecular complexity index is 605. The van der Waals surface area contributed by atoms with Gasteiger partial charge >= 0.3 is 5.97 Å². The quantitative estimate of drug-likeness (QED) is 0.492. The van der Waals surface area contributed by atoms with Crippen LogP contribution in [-0.2, 0) is 9.53 Å². The number of nitrogens with zero attached hydrogens (tertiary/aromatic N) is 1. The molecule has 8 heteroatoms. The maximum atomic E-state index is 12.3. The van der Waals surface area contributed by atoms with Crippen molar-refractivity contribution in [1.29, 1.82) is 0 Å². The molecule has 7 nitrogen and oxygen atoms in total. The third-order valence-electron chi connectivity index (χ3n) is 3.18. The zero-order valence-electron chi connectivity index (χ0n) is 12.5. The number of carbonyl (C=O) groups is 2. The second-order valence-corrected chi connectivity index (χ2v) is 5.36. The Labute approximate surface area is 132 Å². The minimum Gasteiger partial charge on any atom is -0.467 e. The Kier molecular flexibility index (Phi) is 5.87. The molecule has 0 radical (unpaired) electrons. The maximum Gasteiger partial charge on any atom is 0.331 e. The van der Waals surface area contributed by atoms with Crippen molar-refractivity contribution in [3.05, 3.63) is 38.9 Å². The van der Waals surface area contributed by atoms with Crippen molar-refractivity contribution in [3.63, 3.8) is 0 Å². The molecule has 0 bridgehead atoms. The zero-order chi connectivity index (χ0) is 16.9.